The Morgan fingerprint density at radius 3 is 2.80 bits per heavy atom. The molecule has 8 heteroatoms. The minimum atomic E-state index is 0.0397. The molecule has 0 bridgehead atoms. The van der Waals surface area contributed by atoms with Crippen LogP contribution in [0, 0.1) is 0 Å². The molecule has 1 saturated heterocycles. The average Bonchev–Trinajstić information content (AvgIpc) is 3.58. The predicted octanol–water partition coefficient (Wildman–Crippen LogP) is 4.01. The highest BCUT2D eigenvalue weighted by atomic mass is 16.5. The molecular weight excluding hydrogens is 440 g/mol. The summed E-state index contributed by atoms with van der Waals surface area (Å²) in [6.07, 6.45) is 7.67. The number of anilines is 2. The molecular formula is C27H26N6O2. The highest BCUT2D eigenvalue weighted by Crippen LogP contribution is 2.36. The molecule has 6 rings (SSSR count). The van der Waals surface area contributed by atoms with Crippen molar-refractivity contribution in [3.8, 4) is 5.75 Å². The van der Waals surface area contributed by atoms with Crippen molar-refractivity contribution in [2.75, 3.05) is 31.3 Å². The summed E-state index contributed by atoms with van der Waals surface area (Å²) in [7, 11) is 0. The Bertz CT molecular complexity index is 1390. The number of aromatic nitrogens is 3. The van der Waals surface area contributed by atoms with E-state index < -0.39 is 0 Å². The lowest BCUT2D eigenvalue weighted by atomic mass is 10.1. The molecule has 8 nitrogen and oxygen atoms in total. The molecule has 0 N–H and O–H groups in total. The number of hydrogen-bond donors (Lipinski definition) is 0. The number of hydrogen-bond acceptors (Lipinski definition) is 6. The Labute approximate surface area is 203 Å². The first-order valence-electron chi connectivity index (χ1n) is 11.9. The van der Waals surface area contributed by atoms with Crippen LogP contribution in [-0.4, -0.2) is 58.2 Å². The molecule has 0 unspecified atom stereocenters. The lowest BCUT2D eigenvalue weighted by Crippen LogP contribution is -2.32. The summed E-state index contributed by atoms with van der Waals surface area (Å²) in [6, 6.07) is 18.1. The van der Waals surface area contributed by atoms with Crippen molar-refractivity contribution in [1.82, 2.24) is 19.7 Å². The number of ether oxygens (including phenoxy) is 1. The van der Waals surface area contributed by atoms with Gasteiger partial charge in [-0.15, -0.1) is 0 Å². The summed E-state index contributed by atoms with van der Waals surface area (Å²) in [4.78, 5) is 25.5. The summed E-state index contributed by atoms with van der Waals surface area (Å²) < 4.78 is 7.93. The van der Waals surface area contributed by atoms with Gasteiger partial charge in [-0.05, 0) is 55.3 Å². The fraction of sp³-hybridized carbons (Fsp3) is 0.259. The van der Waals surface area contributed by atoms with Gasteiger partial charge in [0, 0.05) is 36.6 Å². The minimum Gasteiger partial charge on any atom is -0.483 e. The summed E-state index contributed by atoms with van der Waals surface area (Å²) in [5.41, 5.74) is 4.94. The number of carbonyl (C=O) groups is 1. The van der Waals surface area contributed by atoms with E-state index in [-0.39, 0.29) is 12.5 Å². The maximum Gasteiger partial charge on any atom is 0.260 e. The molecule has 0 aliphatic carbocycles. The maximum absolute atomic E-state index is 12.5. The van der Waals surface area contributed by atoms with Gasteiger partial charge in [-0.2, -0.15) is 5.10 Å². The molecule has 0 saturated carbocycles. The van der Waals surface area contributed by atoms with Crippen LogP contribution in [0.2, 0.25) is 0 Å². The van der Waals surface area contributed by atoms with Gasteiger partial charge in [-0.25, -0.2) is 0 Å². The Hall–Kier alpha value is -4.20. The molecule has 0 spiro atoms. The quantitative estimate of drug-likeness (QED) is 0.429. The van der Waals surface area contributed by atoms with Crippen LogP contribution in [0.15, 0.2) is 72.0 Å². The van der Waals surface area contributed by atoms with Gasteiger partial charge in [-0.3, -0.25) is 19.5 Å². The van der Waals surface area contributed by atoms with E-state index in [0.717, 1.165) is 59.5 Å². The topological polar surface area (TPSA) is 75.8 Å². The highest BCUT2D eigenvalue weighted by Gasteiger charge is 2.22. The first kappa shape index (κ1) is 21.3. The van der Waals surface area contributed by atoms with Gasteiger partial charge >= 0.3 is 0 Å². The van der Waals surface area contributed by atoms with Crippen LogP contribution < -0.4 is 9.64 Å². The lowest BCUT2D eigenvalue weighted by Gasteiger charge is -2.28. The molecule has 1 amide bonds. The molecule has 2 aliphatic heterocycles. The van der Waals surface area contributed by atoms with E-state index in [9.17, 15) is 4.79 Å². The molecule has 4 aromatic rings. The summed E-state index contributed by atoms with van der Waals surface area (Å²) >= 11 is 0. The number of rotatable bonds is 6. The third-order valence-corrected chi connectivity index (χ3v) is 6.56. The van der Waals surface area contributed by atoms with Gasteiger partial charge < -0.3 is 14.5 Å². The summed E-state index contributed by atoms with van der Waals surface area (Å²) in [5, 5.41) is 5.64. The zero-order valence-electron chi connectivity index (χ0n) is 19.4. The Kier molecular flexibility index (Phi) is 5.62. The van der Waals surface area contributed by atoms with Crippen LogP contribution in [0.25, 0.3) is 10.9 Å². The third kappa shape index (κ3) is 4.23. The molecule has 2 aromatic heterocycles. The normalized spacial score (nSPS) is 15.0. The highest BCUT2D eigenvalue weighted by molar-refractivity contribution is 5.96. The molecule has 35 heavy (non-hydrogen) atoms. The van der Waals surface area contributed by atoms with Gasteiger partial charge in [0.25, 0.3) is 5.91 Å². The first-order chi connectivity index (χ1) is 17.3. The Morgan fingerprint density at radius 2 is 1.94 bits per heavy atom. The van der Waals surface area contributed by atoms with Crippen LogP contribution >= 0.6 is 0 Å². The maximum atomic E-state index is 12.5. The molecule has 4 heterocycles. The number of aliphatic imine (C=N–C) groups is 1. The zero-order valence-corrected chi connectivity index (χ0v) is 19.4. The monoisotopic (exact) mass is 466 g/mol. The largest absolute Gasteiger partial charge is 0.483 e. The van der Waals surface area contributed by atoms with Crippen LogP contribution in [-0.2, 0) is 11.3 Å². The van der Waals surface area contributed by atoms with Gasteiger partial charge in [0.1, 0.15) is 12.4 Å². The Morgan fingerprint density at radius 1 is 1.03 bits per heavy atom. The summed E-state index contributed by atoms with van der Waals surface area (Å²) in [6.45, 7) is 2.83. The molecule has 1 fully saturated rings. The molecule has 0 atom stereocenters. The van der Waals surface area contributed by atoms with Gasteiger partial charge in [0.15, 0.2) is 6.61 Å². The van der Waals surface area contributed by atoms with Crippen LogP contribution in [0.4, 0.5) is 11.4 Å². The van der Waals surface area contributed by atoms with Crippen molar-refractivity contribution in [1.29, 1.82) is 0 Å². The van der Waals surface area contributed by atoms with Crippen LogP contribution in [0.1, 0.15) is 24.1 Å². The number of carbonyl (C=O) groups excluding carboxylic acids is 1. The predicted molar refractivity (Wildman–Crippen MR) is 135 cm³/mol. The van der Waals surface area contributed by atoms with E-state index >= 15 is 0 Å². The Balaban J connectivity index is 1.24. The SMILES string of the molecule is O=C(COc1cccc2c1C=NCN2c1ccc2c(cnn2Cc2ccccn2)c1)N1CCCC1. The van der Waals surface area contributed by atoms with E-state index in [1.54, 1.807) is 6.20 Å². The van der Waals surface area contributed by atoms with Crippen LogP contribution in [0.5, 0.6) is 5.75 Å². The fourth-order valence-corrected chi connectivity index (χ4v) is 4.74. The van der Waals surface area contributed by atoms with Crippen LogP contribution in [0.3, 0.4) is 0 Å². The minimum absolute atomic E-state index is 0.0397. The smallest absolute Gasteiger partial charge is 0.260 e. The number of pyridine rings is 1. The van der Waals surface area contributed by atoms with Gasteiger partial charge in [-0.1, -0.05) is 12.1 Å². The average molecular weight is 467 g/mol. The lowest BCUT2D eigenvalue weighted by molar-refractivity contribution is -0.132. The van der Waals surface area contributed by atoms with Crippen molar-refractivity contribution in [3.63, 3.8) is 0 Å². The second kappa shape index (κ2) is 9.21. The molecule has 176 valence electrons. The number of nitrogens with zero attached hydrogens (tertiary/aromatic N) is 6. The number of amides is 1. The molecule has 2 aromatic carbocycles. The van der Waals surface area contributed by atoms with Crippen molar-refractivity contribution < 1.29 is 9.53 Å². The van der Waals surface area contributed by atoms with E-state index in [4.69, 9.17) is 4.74 Å². The van der Waals surface area contributed by atoms with E-state index in [1.807, 2.05) is 52.3 Å². The standard InChI is InChI=1S/C27H26N6O2/c34-27(31-12-3-4-13-31)18-35-26-8-5-7-25-23(26)16-28-19-32(25)22-9-10-24-20(14-22)15-30-33(24)17-21-6-1-2-11-29-21/h1-2,5-11,14-16H,3-4,12-13,17-19H2. The van der Waals surface area contributed by atoms with E-state index in [0.29, 0.717) is 19.0 Å². The first-order valence-corrected chi connectivity index (χ1v) is 11.9. The molecule has 0 radical (unpaired) electrons. The number of benzene rings is 2. The fourth-order valence-electron chi connectivity index (χ4n) is 4.74. The van der Waals surface area contributed by atoms with Gasteiger partial charge in [0.2, 0.25) is 0 Å². The van der Waals surface area contributed by atoms with Crippen molar-refractivity contribution in [3.05, 3.63) is 78.2 Å². The van der Waals surface area contributed by atoms with Crippen molar-refractivity contribution >= 4 is 34.4 Å². The number of likely N-dealkylation sites (tertiary alicyclic amines) is 1. The zero-order chi connectivity index (χ0) is 23.6. The van der Waals surface area contributed by atoms with E-state index in [1.165, 1.54) is 0 Å². The van der Waals surface area contributed by atoms with Crippen molar-refractivity contribution in [2.45, 2.75) is 19.4 Å². The van der Waals surface area contributed by atoms with Gasteiger partial charge in [0.05, 0.1) is 35.2 Å². The third-order valence-electron chi connectivity index (χ3n) is 6.56. The second-order valence-corrected chi connectivity index (χ2v) is 8.81. The summed E-state index contributed by atoms with van der Waals surface area (Å²) in [5.74, 6) is 0.714. The number of fused-ring (bicyclic) bond motifs is 2. The second-order valence-electron chi connectivity index (χ2n) is 8.81. The molecule has 2 aliphatic rings. The van der Waals surface area contributed by atoms with Crippen molar-refractivity contribution in [2.24, 2.45) is 4.99 Å². The van der Waals surface area contributed by atoms with E-state index in [2.05, 4.69) is 44.2 Å².